The Bertz CT molecular complexity index is 1270. The average Bonchev–Trinajstić information content (AvgIpc) is 3.02. The molecule has 1 aliphatic carbocycles. The first kappa shape index (κ1) is 35.1. The third-order valence-electron chi connectivity index (χ3n) is 7.96. The molecule has 2 aromatic carbocycles. The molecule has 0 bridgehead atoms. The Labute approximate surface area is 259 Å². The zero-order valence-corrected chi connectivity index (χ0v) is 25.8. The normalized spacial score (nSPS) is 17.2. The zero-order valence-electron chi connectivity index (χ0n) is 25.8. The molecular weight excluding hydrogens is 569 g/mol. The molecule has 2 unspecified atom stereocenters. The van der Waals surface area contributed by atoms with Crippen molar-refractivity contribution < 1.29 is 37.3 Å². The number of carbonyl (C=O) groups excluding carboxylic acids is 1. The summed E-state index contributed by atoms with van der Waals surface area (Å²) in [4.78, 5) is 25.2. The van der Waals surface area contributed by atoms with Gasteiger partial charge in [0, 0.05) is 13.0 Å². The largest absolute Gasteiger partial charge is 0.478 e. The fourth-order valence-electron chi connectivity index (χ4n) is 5.34. The van der Waals surface area contributed by atoms with Gasteiger partial charge in [-0.25, -0.2) is 9.59 Å². The number of carboxylic acid groups (broad SMARTS) is 1. The lowest BCUT2D eigenvalue weighted by molar-refractivity contribution is -0.231. The second-order valence-electron chi connectivity index (χ2n) is 11.4. The maximum absolute atomic E-state index is 13.9. The van der Waals surface area contributed by atoms with E-state index in [0.717, 1.165) is 56.1 Å². The third-order valence-corrected chi connectivity index (χ3v) is 7.96. The number of carbonyl (C=O) groups is 2. The highest BCUT2D eigenvalue weighted by Gasteiger charge is 2.47. The van der Waals surface area contributed by atoms with E-state index in [4.69, 9.17) is 9.47 Å². The first-order valence-corrected chi connectivity index (χ1v) is 15.9. The number of aromatic carboxylic acids is 1. The summed E-state index contributed by atoms with van der Waals surface area (Å²) in [7, 11) is 0. The van der Waals surface area contributed by atoms with Crippen molar-refractivity contribution in [2.75, 3.05) is 6.61 Å². The molecule has 3 rings (SSSR count). The van der Waals surface area contributed by atoms with Crippen LogP contribution in [0.5, 0.6) is 0 Å². The number of rotatable bonds is 18. The standard InChI is InChI=1S/C36H45F3O5/c1-3-5-7-9-10-15-25-43-35(34(42)44-32(36(37,38)39)18-14-8-6-4-2)23-21-28(22-24-35)30-20-19-29(33(40)41)26-31(30)27-16-12-11-13-17-27/h11-13,16-17,19-23,26,32H,3-10,14-15,18,24-25H2,1-2H3,(H,40,41). The van der Waals surface area contributed by atoms with Gasteiger partial charge in [-0.2, -0.15) is 13.2 Å². The molecule has 0 saturated heterocycles. The van der Waals surface area contributed by atoms with E-state index < -0.39 is 29.8 Å². The lowest BCUT2D eigenvalue weighted by Crippen LogP contribution is -2.46. The molecule has 0 spiro atoms. The molecular formula is C36H45F3O5. The van der Waals surface area contributed by atoms with Crippen molar-refractivity contribution in [3.63, 3.8) is 0 Å². The summed E-state index contributed by atoms with van der Waals surface area (Å²) < 4.78 is 53.1. The number of allylic oxidation sites excluding steroid dienone is 2. The van der Waals surface area contributed by atoms with Crippen LogP contribution in [0.1, 0.15) is 107 Å². The van der Waals surface area contributed by atoms with Crippen LogP contribution < -0.4 is 0 Å². The second-order valence-corrected chi connectivity index (χ2v) is 11.4. The van der Waals surface area contributed by atoms with Gasteiger partial charge in [0.2, 0.25) is 0 Å². The number of esters is 1. The fourth-order valence-corrected chi connectivity index (χ4v) is 5.34. The second kappa shape index (κ2) is 17.2. The molecule has 0 radical (unpaired) electrons. The molecule has 0 aliphatic heterocycles. The molecule has 44 heavy (non-hydrogen) atoms. The van der Waals surface area contributed by atoms with Gasteiger partial charge in [-0.1, -0.05) is 114 Å². The SMILES string of the molecule is CCCCCCCCOC1(C(=O)OC(CCCCCC)C(F)(F)F)C=CC(c2ccc(C(=O)O)cc2-c2ccccc2)=CC1. The quantitative estimate of drug-likeness (QED) is 0.134. The monoisotopic (exact) mass is 614 g/mol. The molecule has 0 fully saturated rings. The smallest absolute Gasteiger partial charge is 0.425 e. The first-order chi connectivity index (χ1) is 21.1. The van der Waals surface area contributed by atoms with Gasteiger partial charge < -0.3 is 14.6 Å². The van der Waals surface area contributed by atoms with Crippen molar-refractivity contribution >= 4 is 17.5 Å². The molecule has 8 heteroatoms. The average molecular weight is 615 g/mol. The highest BCUT2D eigenvalue weighted by molar-refractivity contribution is 5.94. The summed E-state index contributed by atoms with van der Waals surface area (Å²) in [5.74, 6) is -2.10. The van der Waals surface area contributed by atoms with Crippen LogP contribution in [-0.4, -0.2) is 41.5 Å². The molecule has 2 atom stereocenters. The van der Waals surface area contributed by atoms with Crippen LogP contribution in [0.15, 0.2) is 66.8 Å². The molecule has 5 nitrogen and oxygen atoms in total. The minimum atomic E-state index is -4.68. The van der Waals surface area contributed by atoms with Crippen LogP contribution >= 0.6 is 0 Å². The Morgan fingerprint density at radius 1 is 0.886 bits per heavy atom. The molecule has 1 aliphatic rings. The van der Waals surface area contributed by atoms with E-state index in [1.807, 2.05) is 37.3 Å². The maximum atomic E-state index is 13.9. The molecule has 2 aromatic rings. The summed E-state index contributed by atoms with van der Waals surface area (Å²) in [6, 6.07) is 14.1. The number of alkyl halides is 3. The predicted octanol–water partition coefficient (Wildman–Crippen LogP) is 9.96. The lowest BCUT2D eigenvalue weighted by Gasteiger charge is -2.33. The molecule has 0 saturated carbocycles. The van der Waals surface area contributed by atoms with Gasteiger partial charge in [-0.3, -0.25) is 0 Å². The van der Waals surface area contributed by atoms with Crippen molar-refractivity contribution in [2.45, 2.75) is 109 Å². The number of hydrogen-bond acceptors (Lipinski definition) is 4. The van der Waals surface area contributed by atoms with E-state index in [1.54, 1.807) is 24.3 Å². The van der Waals surface area contributed by atoms with Crippen molar-refractivity contribution in [3.8, 4) is 11.1 Å². The fraction of sp³-hybridized carbons (Fsp3) is 0.500. The van der Waals surface area contributed by atoms with Crippen molar-refractivity contribution in [2.24, 2.45) is 0 Å². The number of halogens is 3. The van der Waals surface area contributed by atoms with Crippen LogP contribution in [0.4, 0.5) is 13.2 Å². The van der Waals surface area contributed by atoms with Gasteiger partial charge in [-0.05, 0) is 59.7 Å². The van der Waals surface area contributed by atoms with E-state index in [1.165, 1.54) is 12.1 Å². The number of hydrogen-bond donors (Lipinski definition) is 1. The van der Waals surface area contributed by atoms with Gasteiger partial charge in [0.15, 0.2) is 11.7 Å². The summed E-state index contributed by atoms with van der Waals surface area (Å²) in [6.45, 7) is 4.33. The maximum Gasteiger partial charge on any atom is 0.425 e. The van der Waals surface area contributed by atoms with Crippen molar-refractivity contribution in [3.05, 3.63) is 77.9 Å². The first-order valence-electron chi connectivity index (χ1n) is 15.9. The Kier molecular flexibility index (Phi) is 13.7. The van der Waals surface area contributed by atoms with Crippen LogP contribution in [0.2, 0.25) is 0 Å². The topological polar surface area (TPSA) is 72.8 Å². The Hall–Kier alpha value is -3.39. The highest BCUT2D eigenvalue weighted by atomic mass is 19.4. The van der Waals surface area contributed by atoms with E-state index in [2.05, 4.69) is 6.92 Å². The predicted molar refractivity (Wildman–Crippen MR) is 167 cm³/mol. The number of benzene rings is 2. The van der Waals surface area contributed by atoms with Crippen LogP contribution in [0.25, 0.3) is 16.7 Å². The van der Waals surface area contributed by atoms with Crippen LogP contribution in [0, 0.1) is 0 Å². The molecule has 0 heterocycles. The Balaban J connectivity index is 1.87. The summed E-state index contributed by atoms with van der Waals surface area (Å²) >= 11 is 0. The molecule has 0 amide bonds. The van der Waals surface area contributed by atoms with Gasteiger partial charge >= 0.3 is 18.1 Å². The zero-order chi connectivity index (χ0) is 32.0. The summed E-state index contributed by atoms with van der Waals surface area (Å²) in [5, 5.41) is 9.58. The summed E-state index contributed by atoms with van der Waals surface area (Å²) in [6.07, 6.45) is 6.36. The molecule has 1 N–H and O–H groups in total. The van der Waals surface area contributed by atoms with Gasteiger partial charge in [0.05, 0.1) is 5.56 Å². The van der Waals surface area contributed by atoms with Crippen molar-refractivity contribution in [1.29, 1.82) is 0 Å². The van der Waals surface area contributed by atoms with Gasteiger partial charge in [0.25, 0.3) is 0 Å². The number of ether oxygens (including phenoxy) is 2. The minimum absolute atomic E-state index is 0.0111. The van der Waals surface area contributed by atoms with E-state index >= 15 is 0 Å². The van der Waals surface area contributed by atoms with Gasteiger partial charge in [0.1, 0.15) is 0 Å². The molecule has 240 valence electrons. The van der Waals surface area contributed by atoms with E-state index in [0.29, 0.717) is 30.4 Å². The Morgan fingerprint density at radius 3 is 2.16 bits per heavy atom. The number of carboxylic acids is 1. The van der Waals surface area contributed by atoms with Crippen LogP contribution in [-0.2, 0) is 14.3 Å². The summed E-state index contributed by atoms with van der Waals surface area (Å²) in [5.41, 5.74) is 1.39. The van der Waals surface area contributed by atoms with Crippen LogP contribution in [0.3, 0.4) is 0 Å². The van der Waals surface area contributed by atoms with E-state index in [-0.39, 0.29) is 25.0 Å². The Morgan fingerprint density at radius 2 is 1.55 bits per heavy atom. The van der Waals surface area contributed by atoms with E-state index in [9.17, 15) is 27.9 Å². The minimum Gasteiger partial charge on any atom is -0.478 e. The van der Waals surface area contributed by atoms with Gasteiger partial charge in [-0.15, -0.1) is 0 Å². The third kappa shape index (κ3) is 10.1. The lowest BCUT2D eigenvalue weighted by atomic mass is 9.85. The molecule has 0 aromatic heterocycles. The van der Waals surface area contributed by atoms with Crippen molar-refractivity contribution in [1.82, 2.24) is 0 Å². The number of unbranched alkanes of at least 4 members (excludes halogenated alkanes) is 8. The highest BCUT2D eigenvalue weighted by Crippen LogP contribution is 2.37.